The molecule has 2 aromatic carbocycles. The minimum Gasteiger partial charge on any atom is -0.496 e. The van der Waals surface area contributed by atoms with Crippen molar-refractivity contribution in [3.63, 3.8) is 0 Å². The van der Waals surface area contributed by atoms with Gasteiger partial charge in [0.25, 0.3) is 0 Å². The Morgan fingerprint density at radius 3 is 2.41 bits per heavy atom. The van der Waals surface area contributed by atoms with Crippen molar-refractivity contribution in [2.24, 2.45) is 0 Å². The maximum atomic E-state index is 12.6. The summed E-state index contributed by atoms with van der Waals surface area (Å²) >= 11 is 5.97. The summed E-state index contributed by atoms with van der Waals surface area (Å²) in [6.07, 6.45) is 0.130. The number of nitrogens with one attached hydrogen (secondary N) is 1. The summed E-state index contributed by atoms with van der Waals surface area (Å²) in [4.78, 5) is 36.7. The van der Waals surface area contributed by atoms with Crippen LogP contribution in [-0.2, 0) is 9.53 Å². The SMILES string of the molecule is CCCC(=O)Nc1ccc(C(=O)C(C)OC(=O)c2cc(Cl)c(N)cc2OC)cc1. The predicted octanol–water partition coefficient (Wildman–Crippen LogP) is 4.10. The van der Waals surface area contributed by atoms with Crippen molar-refractivity contribution in [1.82, 2.24) is 0 Å². The molecule has 3 N–H and O–H groups in total. The number of Topliss-reactive ketones (excluding diaryl/α,β-unsaturated/α-hetero) is 1. The van der Waals surface area contributed by atoms with Crippen LogP contribution in [0.15, 0.2) is 36.4 Å². The van der Waals surface area contributed by atoms with E-state index in [0.29, 0.717) is 17.7 Å². The van der Waals surface area contributed by atoms with E-state index in [1.165, 1.54) is 26.2 Å². The van der Waals surface area contributed by atoms with Crippen molar-refractivity contribution < 1.29 is 23.9 Å². The van der Waals surface area contributed by atoms with E-state index < -0.39 is 12.1 Å². The fraction of sp³-hybridized carbons (Fsp3) is 0.286. The molecule has 2 aromatic rings. The molecule has 1 unspecified atom stereocenters. The van der Waals surface area contributed by atoms with E-state index in [1.807, 2.05) is 6.92 Å². The molecule has 0 aromatic heterocycles. The normalized spacial score (nSPS) is 11.4. The van der Waals surface area contributed by atoms with Crippen molar-refractivity contribution in [2.75, 3.05) is 18.2 Å². The number of benzene rings is 2. The van der Waals surface area contributed by atoms with Gasteiger partial charge in [0.2, 0.25) is 11.7 Å². The predicted molar refractivity (Wildman–Crippen MR) is 112 cm³/mol. The first kappa shape index (κ1) is 22.2. The number of esters is 1. The molecule has 0 aliphatic heterocycles. The lowest BCUT2D eigenvalue weighted by atomic mass is 10.1. The summed E-state index contributed by atoms with van der Waals surface area (Å²) in [5, 5.41) is 2.92. The lowest BCUT2D eigenvalue weighted by Crippen LogP contribution is -2.24. The highest BCUT2D eigenvalue weighted by Gasteiger charge is 2.23. The van der Waals surface area contributed by atoms with Crippen LogP contribution in [0.2, 0.25) is 5.02 Å². The van der Waals surface area contributed by atoms with Gasteiger partial charge in [-0.2, -0.15) is 0 Å². The van der Waals surface area contributed by atoms with Gasteiger partial charge in [0.1, 0.15) is 11.3 Å². The Hall–Kier alpha value is -3.06. The van der Waals surface area contributed by atoms with Gasteiger partial charge in [-0.3, -0.25) is 9.59 Å². The summed E-state index contributed by atoms with van der Waals surface area (Å²) in [6, 6.07) is 9.13. The number of rotatable bonds is 8. The Bertz CT molecular complexity index is 912. The summed E-state index contributed by atoms with van der Waals surface area (Å²) < 4.78 is 10.4. The van der Waals surface area contributed by atoms with Gasteiger partial charge < -0.3 is 20.5 Å². The molecule has 0 bridgehead atoms. The Labute approximate surface area is 174 Å². The van der Waals surface area contributed by atoms with E-state index in [1.54, 1.807) is 24.3 Å². The Morgan fingerprint density at radius 2 is 1.83 bits per heavy atom. The van der Waals surface area contributed by atoms with Crippen LogP contribution >= 0.6 is 11.6 Å². The second-order valence-electron chi connectivity index (χ2n) is 6.36. The zero-order valence-electron chi connectivity index (χ0n) is 16.5. The first-order valence-electron chi connectivity index (χ1n) is 9.04. The monoisotopic (exact) mass is 418 g/mol. The Morgan fingerprint density at radius 1 is 1.17 bits per heavy atom. The van der Waals surface area contributed by atoms with Crippen LogP contribution in [0.25, 0.3) is 0 Å². The zero-order chi connectivity index (χ0) is 21.6. The molecule has 2 rings (SSSR count). The van der Waals surface area contributed by atoms with Gasteiger partial charge in [0, 0.05) is 23.7 Å². The fourth-order valence-electron chi connectivity index (χ4n) is 2.58. The van der Waals surface area contributed by atoms with Crippen LogP contribution < -0.4 is 15.8 Å². The van der Waals surface area contributed by atoms with Gasteiger partial charge >= 0.3 is 5.97 Å². The van der Waals surface area contributed by atoms with Gasteiger partial charge in [-0.1, -0.05) is 18.5 Å². The van der Waals surface area contributed by atoms with Crippen molar-refractivity contribution in [2.45, 2.75) is 32.8 Å². The molecule has 0 heterocycles. The molecule has 0 aliphatic rings. The fourth-order valence-corrected chi connectivity index (χ4v) is 2.74. The van der Waals surface area contributed by atoms with Crippen LogP contribution in [0.5, 0.6) is 5.75 Å². The molecule has 0 aliphatic carbocycles. The molecule has 0 saturated heterocycles. The maximum Gasteiger partial charge on any atom is 0.342 e. The molecular weight excluding hydrogens is 396 g/mol. The number of hydrogen-bond donors (Lipinski definition) is 2. The Balaban J connectivity index is 2.08. The van der Waals surface area contributed by atoms with E-state index in [9.17, 15) is 14.4 Å². The van der Waals surface area contributed by atoms with E-state index in [2.05, 4.69) is 5.32 Å². The molecule has 0 saturated carbocycles. The minimum atomic E-state index is -1.04. The third-order valence-corrected chi connectivity index (χ3v) is 4.45. The summed E-state index contributed by atoms with van der Waals surface area (Å²) in [5.74, 6) is -1.04. The third-order valence-electron chi connectivity index (χ3n) is 4.12. The highest BCUT2D eigenvalue weighted by atomic mass is 35.5. The molecule has 7 nitrogen and oxygen atoms in total. The average molecular weight is 419 g/mol. The van der Waals surface area contributed by atoms with E-state index >= 15 is 0 Å². The number of methoxy groups -OCH3 is 1. The van der Waals surface area contributed by atoms with Crippen molar-refractivity contribution in [3.8, 4) is 5.75 Å². The van der Waals surface area contributed by atoms with Crippen molar-refractivity contribution in [3.05, 3.63) is 52.5 Å². The number of carbonyl (C=O) groups excluding carboxylic acids is 3. The lowest BCUT2D eigenvalue weighted by molar-refractivity contribution is -0.116. The lowest BCUT2D eigenvalue weighted by Gasteiger charge is -2.15. The molecule has 8 heteroatoms. The quantitative estimate of drug-likeness (QED) is 0.379. The number of halogens is 1. The van der Waals surface area contributed by atoms with Crippen molar-refractivity contribution >= 4 is 40.6 Å². The highest BCUT2D eigenvalue weighted by Crippen LogP contribution is 2.29. The number of amides is 1. The maximum absolute atomic E-state index is 12.6. The molecule has 1 amide bonds. The van der Waals surface area contributed by atoms with Crippen LogP contribution in [0, 0.1) is 0 Å². The summed E-state index contributed by atoms with van der Waals surface area (Å²) in [5.41, 5.74) is 6.97. The second-order valence-corrected chi connectivity index (χ2v) is 6.77. The minimum absolute atomic E-state index is 0.0698. The van der Waals surface area contributed by atoms with Crippen LogP contribution in [0.3, 0.4) is 0 Å². The van der Waals surface area contributed by atoms with Crippen LogP contribution in [0.1, 0.15) is 47.4 Å². The third kappa shape index (κ3) is 5.71. The molecule has 29 heavy (non-hydrogen) atoms. The molecule has 0 radical (unpaired) electrons. The standard InChI is InChI=1S/C21H23ClN2O5/c1-4-5-19(25)24-14-8-6-13(7-9-14)20(26)12(2)29-21(27)15-10-16(22)17(23)11-18(15)28-3/h6-12H,4-5,23H2,1-3H3,(H,24,25). The molecule has 0 fully saturated rings. The molecule has 154 valence electrons. The first-order chi connectivity index (χ1) is 13.8. The zero-order valence-corrected chi connectivity index (χ0v) is 17.2. The van der Waals surface area contributed by atoms with Gasteiger partial charge in [0.05, 0.1) is 17.8 Å². The Kier molecular flexibility index (Phi) is 7.61. The van der Waals surface area contributed by atoms with Gasteiger partial charge in [-0.15, -0.1) is 0 Å². The van der Waals surface area contributed by atoms with E-state index in [0.717, 1.165) is 6.42 Å². The van der Waals surface area contributed by atoms with Crippen LogP contribution in [-0.4, -0.2) is 30.9 Å². The van der Waals surface area contributed by atoms with Crippen molar-refractivity contribution in [1.29, 1.82) is 0 Å². The molecular formula is C21H23ClN2O5. The molecule has 0 spiro atoms. The summed E-state index contributed by atoms with van der Waals surface area (Å²) in [6.45, 7) is 3.39. The number of nitrogens with two attached hydrogens (primary N) is 1. The van der Waals surface area contributed by atoms with Gasteiger partial charge in [0.15, 0.2) is 6.10 Å². The molecule has 1 atom stereocenters. The largest absolute Gasteiger partial charge is 0.496 e. The second kappa shape index (κ2) is 9.93. The number of anilines is 2. The summed E-state index contributed by atoms with van der Waals surface area (Å²) in [7, 11) is 1.38. The average Bonchev–Trinajstić information content (AvgIpc) is 2.69. The number of carbonyl (C=O) groups is 3. The first-order valence-corrected chi connectivity index (χ1v) is 9.42. The number of ketones is 1. The van der Waals surface area contributed by atoms with E-state index in [-0.39, 0.29) is 33.7 Å². The smallest absolute Gasteiger partial charge is 0.342 e. The topological polar surface area (TPSA) is 108 Å². The number of ether oxygens (including phenoxy) is 2. The highest BCUT2D eigenvalue weighted by molar-refractivity contribution is 6.33. The van der Waals surface area contributed by atoms with E-state index in [4.69, 9.17) is 26.8 Å². The van der Waals surface area contributed by atoms with Crippen LogP contribution in [0.4, 0.5) is 11.4 Å². The number of nitrogen functional groups attached to an aromatic ring is 1. The van der Waals surface area contributed by atoms with Gasteiger partial charge in [-0.25, -0.2) is 4.79 Å². The van der Waals surface area contributed by atoms with Gasteiger partial charge in [-0.05, 0) is 43.7 Å². The number of hydrogen-bond acceptors (Lipinski definition) is 6.